The summed E-state index contributed by atoms with van der Waals surface area (Å²) in [6, 6.07) is 6.38. The molecule has 0 heterocycles. The summed E-state index contributed by atoms with van der Waals surface area (Å²) in [5, 5.41) is 22.6. The second-order valence-corrected chi connectivity index (χ2v) is 5.46. The Labute approximate surface area is 124 Å². The van der Waals surface area contributed by atoms with E-state index in [4.69, 9.17) is 5.11 Å². The first-order valence-corrected chi connectivity index (χ1v) is 7.10. The van der Waals surface area contributed by atoms with Gasteiger partial charge in [0.2, 0.25) is 0 Å². The zero-order valence-electron chi connectivity index (χ0n) is 12.4. The molecular formula is C15H22N2O4. The van der Waals surface area contributed by atoms with Gasteiger partial charge in [-0.3, -0.25) is 14.9 Å². The number of nitrogens with one attached hydrogen (secondary N) is 1. The Morgan fingerprint density at radius 3 is 2.67 bits per heavy atom. The van der Waals surface area contributed by atoms with Crippen molar-refractivity contribution in [3.05, 3.63) is 34.4 Å². The molecule has 0 aromatic heterocycles. The average molecular weight is 294 g/mol. The molecule has 1 rings (SSSR count). The van der Waals surface area contributed by atoms with Crippen LogP contribution in [0, 0.1) is 22.0 Å². The van der Waals surface area contributed by atoms with Gasteiger partial charge in [-0.1, -0.05) is 19.9 Å². The zero-order chi connectivity index (χ0) is 15.8. The Hall–Kier alpha value is -2.11. The lowest BCUT2D eigenvalue weighted by Crippen LogP contribution is -2.15. The molecule has 1 aromatic rings. The molecular weight excluding hydrogens is 272 g/mol. The molecule has 0 aliphatic rings. The number of hydrogen-bond donors (Lipinski definition) is 2. The number of nitro groups is 1. The van der Waals surface area contributed by atoms with Gasteiger partial charge >= 0.3 is 5.97 Å². The number of non-ortho nitro benzene ring substituents is 1. The SMILES string of the molecule is CC(C)C(CCNc1cccc([N+](=O)[O-])c1)CCC(=O)O. The minimum atomic E-state index is -0.771. The first-order chi connectivity index (χ1) is 9.90. The van der Waals surface area contributed by atoms with Crippen LogP contribution in [0.5, 0.6) is 0 Å². The fourth-order valence-electron chi connectivity index (χ4n) is 2.25. The van der Waals surface area contributed by atoms with Gasteiger partial charge in [0.25, 0.3) is 5.69 Å². The second-order valence-electron chi connectivity index (χ2n) is 5.46. The molecule has 1 aromatic carbocycles. The molecule has 6 heteroatoms. The van der Waals surface area contributed by atoms with E-state index in [0.717, 1.165) is 6.42 Å². The minimum Gasteiger partial charge on any atom is -0.481 e. The van der Waals surface area contributed by atoms with Gasteiger partial charge in [0.1, 0.15) is 0 Å². The predicted molar refractivity (Wildman–Crippen MR) is 81.4 cm³/mol. The number of hydrogen-bond acceptors (Lipinski definition) is 4. The zero-order valence-corrected chi connectivity index (χ0v) is 12.4. The predicted octanol–water partition coefficient (Wildman–Crippen LogP) is 3.53. The molecule has 1 atom stereocenters. The molecule has 0 amide bonds. The quantitative estimate of drug-likeness (QED) is 0.537. The van der Waals surface area contributed by atoms with Crippen molar-refractivity contribution < 1.29 is 14.8 Å². The van der Waals surface area contributed by atoms with Crippen LogP contribution in [0.25, 0.3) is 0 Å². The van der Waals surface area contributed by atoms with Gasteiger partial charge in [-0.2, -0.15) is 0 Å². The van der Waals surface area contributed by atoms with Crippen LogP contribution in [-0.4, -0.2) is 22.5 Å². The summed E-state index contributed by atoms with van der Waals surface area (Å²) in [4.78, 5) is 20.9. The van der Waals surface area contributed by atoms with E-state index >= 15 is 0 Å². The maximum atomic E-state index is 10.7. The maximum Gasteiger partial charge on any atom is 0.303 e. The number of rotatable bonds is 9. The van der Waals surface area contributed by atoms with Gasteiger partial charge < -0.3 is 10.4 Å². The van der Waals surface area contributed by atoms with Crippen LogP contribution in [0.15, 0.2) is 24.3 Å². The van der Waals surface area contributed by atoms with E-state index in [1.165, 1.54) is 12.1 Å². The Bertz CT molecular complexity index is 488. The van der Waals surface area contributed by atoms with Crippen LogP contribution < -0.4 is 5.32 Å². The molecule has 0 fully saturated rings. The van der Waals surface area contributed by atoms with Gasteiger partial charge in [-0.15, -0.1) is 0 Å². The molecule has 2 N–H and O–H groups in total. The van der Waals surface area contributed by atoms with E-state index in [9.17, 15) is 14.9 Å². The van der Waals surface area contributed by atoms with Gasteiger partial charge in [-0.05, 0) is 30.7 Å². The molecule has 0 saturated heterocycles. The molecule has 21 heavy (non-hydrogen) atoms. The summed E-state index contributed by atoms with van der Waals surface area (Å²) in [7, 11) is 0. The third-order valence-electron chi connectivity index (χ3n) is 3.57. The van der Waals surface area contributed by atoms with Crippen molar-refractivity contribution in [1.29, 1.82) is 0 Å². The van der Waals surface area contributed by atoms with Gasteiger partial charge in [0.15, 0.2) is 0 Å². The number of anilines is 1. The number of benzene rings is 1. The van der Waals surface area contributed by atoms with Crippen LogP contribution >= 0.6 is 0 Å². The van der Waals surface area contributed by atoms with E-state index in [1.807, 2.05) is 0 Å². The Balaban J connectivity index is 2.48. The monoisotopic (exact) mass is 294 g/mol. The average Bonchev–Trinajstić information content (AvgIpc) is 2.42. The van der Waals surface area contributed by atoms with E-state index in [1.54, 1.807) is 12.1 Å². The molecule has 0 bridgehead atoms. The van der Waals surface area contributed by atoms with E-state index in [-0.39, 0.29) is 12.1 Å². The van der Waals surface area contributed by atoms with Crippen molar-refractivity contribution >= 4 is 17.3 Å². The maximum absolute atomic E-state index is 10.7. The Morgan fingerprint density at radius 2 is 2.10 bits per heavy atom. The van der Waals surface area contributed by atoms with Crippen molar-refractivity contribution in [3.63, 3.8) is 0 Å². The largest absolute Gasteiger partial charge is 0.481 e. The van der Waals surface area contributed by atoms with Crippen LogP contribution in [0.2, 0.25) is 0 Å². The molecule has 0 spiro atoms. The normalized spacial score (nSPS) is 12.1. The minimum absolute atomic E-state index is 0.0614. The van der Waals surface area contributed by atoms with E-state index in [2.05, 4.69) is 19.2 Å². The summed E-state index contributed by atoms with van der Waals surface area (Å²) in [6.45, 7) is 4.84. The van der Waals surface area contributed by atoms with Crippen molar-refractivity contribution in [3.8, 4) is 0 Å². The fraction of sp³-hybridized carbons (Fsp3) is 0.533. The van der Waals surface area contributed by atoms with Crippen molar-refractivity contribution in [2.75, 3.05) is 11.9 Å². The van der Waals surface area contributed by atoms with Crippen molar-refractivity contribution in [2.45, 2.75) is 33.1 Å². The molecule has 0 radical (unpaired) electrons. The summed E-state index contributed by atoms with van der Waals surface area (Å²) in [6.07, 6.45) is 1.68. The summed E-state index contributed by atoms with van der Waals surface area (Å²) in [5.74, 6) is -0.0316. The highest BCUT2D eigenvalue weighted by molar-refractivity contribution is 5.66. The molecule has 0 aliphatic carbocycles. The lowest BCUT2D eigenvalue weighted by atomic mass is 9.88. The lowest BCUT2D eigenvalue weighted by molar-refractivity contribution is -0.384. The Morgan fingerprint density at radius 1 is 1.38 bits per heavy atom. The van der Waals surface area contributed by atoms with Gasteiger partial charge in [0.05, 0.1) is 4.92 Å². The highest BCUT2D eigenvalue weighted by atomic mass is 16.6. The van der Waals surface area contributed by atoms with Crippen LogP contribution in [0.4, 0.5) is 11.4 Å². The van der Waals surface area contributed by atoms with Gasteiger partial charge in [0, 0.05) is 30.8 Å². The number of nitro benzene ring substituents is 1. The van der Waals surface area contributed by atoms with Crippen molar-refractivity contribution in [1.82, 2.24) is 0 Å². The third kappa shape index (κ3) is 6.25. The highest BCUT2D eigenvalue weighted by Gasteiger charge is 2.15. The van der Waals surface area contributed by atoms with Gasteiger partial charge in [-0.25, -0.2) is 0 Å². The highest BCUT2D eigenvalue weighted by Crippen LogP contribution is 2.22. The van der Waals surface area contributed by atoms with E-state index in [0.29, 0.717) is 30.5 Å². The second kappa shape index (κ2) is 8.24. The molecule has 6 nitrogen and oxygen atoms in total. The molecule has 0 saturated carbocycles. The molecule has 0 aliphatic heterocycles. The van der Waals surface area contributed by atoms with Crippen LogP contribution in [-0.2, 0) is 4.79 Å². The molecule has 1 unspecified atom stereocenters. The fourth-order valence-corrected chi connectivity index (χ4v) is 2.25. The first-order valence-electron chi connectivity index (χ1n) is 7.10. The standard InChI is InChI=1S/C15H22N2O4/c1-11(2)12(6-7-15(18)19)8-9-16-13-4-3-5-14(10-13)17(20)21/h3-5,10-12,16H,6-9H2,1-2H3,(H,18,19). The number of carboxylic acids is 1. The number of carboxylic acid groups (broad SMARTS) is 1. The topological polar surface area (TPSA) is 92.5 Å². The lowest BCUT2D eigenvalue weighted by Gasteiger charge is -2.20. The first kappa shape index (κ1) is 16.9. The third-order valence-corrected chi connectivity index (χ3v) is 3.57. The summed E-state index contributed by atoms with van der Waals surface area (Å²) >= 11 is 0. The summed E-state index contributed by atoms with van der Waals surface area (Å²) < 4.78 is 0. The number of aliphatic carboxylic acids is 1. The van der Waals surface area contributed by atoms with Crippen molar-refractivity contribution in [2.24, 2.45) is 11.8 Å². The van der Waals surface area contributed by atoms with Crippen LogP contribution in [0.1, 0.15) is 33.1 Å². The summed E-state index contributed by atoms with van der Waals surface area (Å²) in [5.41, 5.74) is 0.774. The number of carbonyl (C=O) groups is 1. The number of nitrogens with zero attached hydrogens (tertiary/aromatic N) is 1. The van der Waals surface area contributed by atoms with Crippen LogP contribution in [0.3, 0.4) is 0 Å². The molecule has 116 valence electrons. The van der Waals surface area contributed by atoms with E-state index < -0.39 is 10.9 Å². The smallest absolute Gasteiger partial charge is 0.303 e. The Kier molecular flexibility index (Phi) is 6.65.